The van der Waals surface area contributed by atoms with Crippen molar-refractivity contribution in [2.75, 3.05) is 7.11 Å². The number of hydrogen-bond acceptors (Lipinski definition) is 7. The quantitative estimate of drug-likeness (QED) is 0.476. The summed E-state index contributed by atoms with van der Waals surface area (Å²) in [4.78, 5) is 21.0. The van der Waals surface area contributed by atoms with Crippen LogP contribution in [-0.2, 0) is 11.4 Å². The number of carbonyl (C=O) groups is 1. The third-order valence-corrected chi connectivity index (χ3v) is 6.38. The summed E-state index contributed by atoms with van der Waals surface area (Å²) in [5.41, 5.74) is 2.55. The van der Waals surface area contributed by atoms with Gasteiger partial charge in [0.25, 0.3) is 5.91 Å². The molecule has 1 N–H and O–H groups in total. The lowest BCUT2D eigenvalue weighted by Crippen LogP contribution is -2.35. The molecule has 0 fully saturated rings. The zero-order valence-electron chi connectivity index (χ0n) is 18.4. The molecule has 35 heavy (non-hydrogen) atoms. The highest BCUT2D eigenvalue weighted by Crippen LogP contribution is 2.33. The first-order valence-electron chi connectivity index (χ1n) is 10.5. The molecule has 0 saturated heterocycles. The molecule has 1 amide bonds. The lowest BCUT2D eigenvalue weighted by Gasteiger charge is -2.20. The Morgan fingerprint density at radius 3 is 2.71 bits per heavy atom. The number of aliphatic imine (C=N–C) groups is 1. The highest BCUT2D eigenvalue weighted by Gasteiger charge is 2.36. The number of nitrogens with one attached hydrogen (secondary N) is 1. The van der Waals surface area contributed by atoms with Crippen LogP contribution in [0.15, 0.2) is 82.7 Å². The van der Waals surface area contributed by atoms with Crippen LogP contribution in [-0.4, -0.2) is 39.1 Å². The number of hydrogen-bond donors (Lipinski definition) is 1. The summed E-state index contributed by atoms with van der Waals surface area (Å²) < 4.78 is 11.4. The van der Waals surface area contributed by atoms with E-state index in [1.165, 1.54) is 16.8 Å². The van der Waals surface area contributed by atoms with Crippen LogP contribution in [0.25, 0.3) is 6.08 Å². The molecular weight excluding hydrogens is 486 g/mol. The number of hydrazone groups is 1. The first-order valence-corrected chi connectivity index (χ1v) is 11.7. The zero-order chi connectivity index (χ0) is 24.4. The minimum absolute atomic E-state index is 0.0478. The lowest BCUT2D eigenvalue weighted by atomic mass is 10.1. The van der Waals surface area contributed by atoms with E-state index in [0.717, 1.165) is 11.1 Å². The minimum atomic E-state index is -0.501. The number of thioether (sulfide) groups is 1. The fourth-order valence-electron chi connectivity index (χ4n) is 3.40. The van der Waals surface area contributed by atoms with Gasteiger partial charge in [0, 0.05) is 23.0 Å². The van der Waals surface area contributed by atoms with E-state index in [0.29, 0.717) is 38.9 Å². The van der Waals surface area contributed by atoms with Crippen molar-refractivity contribution in [1.82, 2.24) is 9.99 Å². The number of benzene rings is 2. The topological polar surface area (TPSA) is 100 Å². The molecule has 174 valence electrons. The Hall–Kier alpha value is -3.95. The fraction of sp³-hybridized carbons (Fsp3) is 0.0800. The van der Waals surface area contributed by atoms with E-state index in [-0.39, 0.29) is 11.4 Å². The van der Waals surface area contributed by atoms with E-state index in [1.54, 1.807) is 62.0 Å². The van der Waals surface area contributed by atoms with Crippen molar-refractivity contribution in [2.24, 2.45) is 10.1 Å². The second-order valence-corrected chi connectivity index (χ2v) is 8.88. The number of fused-ring (bicyclic) bond motifs is 1. The molecule has 10 heteroatoms. The molecule has 2 aliphatic heterocycles. The standard InChI is InChI=1S/C25H18ClN5O3S/c1-33-21-12-16(6-9-20(21)34-14-15-4-7-18(26)8-5-15)11-19-22(27)31-25(29-23(19)32)35-24(30-31)17-3-2-10-28-13-17/h2-13,27H,14H2,1H3/b19-11-,27-22?. The van der Waals surface area contributed by atoms with Gasteiger partial charge in [-0.3, -0.25) is 15.2 Å². The monoisotopic (exact) mass is 503 g/mol. The van der Waals surface area contributed by atoms with E-state index < -0.39 is 5.91 Å². The number of pyridine rings is 1. The Labute approximate surface area is 210 Å². The molecule has 0 spiro atoms. The maximum atomic E-state index is 12.7. The number of carbonyl (C=O) groups excluding carboxylic acids is 1. The Balaban J connectivity index is 1.37. The normalized spacial score (nSPS) is 16.2. The third kappa shape index (κ3) is 4.82. The van der Waals surface area contributed by atoms with Crippen LogP contribution in [0.4, 0.5) is 0 Å². The van der Waals surface area contributed by atoms with Gasteiger partial charge in [-0.1, -0.05) is 29.8 Å². The number of amidine groups is 2. The molecule has 2 aromatic carbocycles. The average molecular weight is 504 g/mol. The highest BCUT2D eigenvalue weighted by atomic mass is 35.5. The van der Waals surface area contributed by atoms with Gasteiger partial charge in [0.15, 0.2) is 17.3 Å². The highest BCUT2D eigenvalue weighted by molar-refractivity contribution is 8.27. The van der Waals surface area contributed by atoms with Crippen molar-refractivity contribution in [3.05, 3.63) is 94.3 Å². The summed E-state index contributed by atoms with van der Waals surface area (Å²) in [5, 5.41) is 16.0. The van der Waals surface area contributed by atoms with E-state index in [9.17, 15) is 4.79 Å². The number of halogens is 1. The average Bonchev–Trinajstić information content (AvgIpc) is 3.31. The summed E-state index contributed by atoms with van der Waals surface area (Å²) in [6, 6.07) is 16.3. The number of nitrogens with zero attached hydrogens (tertiary/aromatic N) is 4. The van der Waals surface area contributed by atoms with Crippen LogP contribution in [0.5, 0.6) is 11.5 Å². The molecule has 5 rings (SSSR count). The van der Waals surface area contributed by atoms with Crippen molar-refractivity contribution < 1.29 is 14.3 Å². The molecular formula is C25H18ClN5O3S. The first kappa shape index (κ1) is 22.8. The van der Waals surface area contributed by atoms with Gasteiger partial charge < -0.3 is 9.47 Å². The van der Waals surface area contributed by atoms with E-state index in [1.807, 2.05) is 18.2 Å². The number of rotatable bonds is 6. The van der Waals surface area contributed by atoms with Gasteiger partial charge >= 0.3 is 0 Å². The van der Waals surface area contributed by atoms with Gasteiger partial charge in [-0.25, -0.2) is 0 Å². The van der Waals surface area contributed by atoms with Gasteiger partial charge in [0.1, 0.15) is 11.7 Å². The molecule has 3 heterocycles. The Morgan fingerprint density at radius 1 is 1.14 bits per heavy atom. The summed E-state index contributed by atoms with van der Waals surface area (Å²) in [7, 11) is 1.54. The van der Waals surface area contributed by atoms with E-state index >= 15 is 0 Å². The zero-order valence-corrected chi connectivity index (χ0v) is 20.0. The molecule has 2 aliphatic rings. The molecule has 8 nitrogen and oxygen atoms in total. The number of aromatic nitrogens is 1. The van der Waals surface area contributed by atoms with E-state index in [2.05, 4.69) is 15.1 Å². The van der Waals surface area contributed by atoms with Crippen molar-refractivity contribution >= 4 is 51.4 Å². The van der Waals surface area contributed by atoms with E-state index in [4.69, 9.17) is 26.5 Å². The van der Waals surface area contributed by atoms with Crippen LogP contribution >= 0.6 is 23.4 Å². The van der Waals surface area contributed by atoms with Crippen molar-refractivity contribution in [2.45, 2.75) is 6.61 Å². The largest absolute Gasteiger partial charge is 0.493 e. The predicted octanol–water partition coefficient (Wildman–Crippen LogP) is 4.99. The SMILES string of the molecule is COc1cc(/C=C2/C(=N)N3N=C(c4cccnc4)SC3=NC2=O)ccc1OCc1ccc(Cl)cc1. The smallest absolute Gasteiger partial charge is 0.283 e. The molecule has 3 aromatic rings. The summed E-state index contributed by atoms with van der Waals surface area (Å²) >= 11 is 7.16. The summed E-state index contributed by atoms with van der Waals surface area (Å²) in [6.45, 7) is 0.346. The molecule has 0 bridgehead atoms. The molecule has 0 saturated carbocycles. The second-order valence-electron chi connectivity index (χ2n) is 7.49. The van der Waals surface area contributed by atoms with Crippen molar-refractivity contribution in [3.63, 3.8) is 0 Å². The van der Waals surface area contributed by atoms with Gasteiger partial charge in [-0.15, -0.1) is 0 Å². The Bertz CT molecular complexity index is 1400. The van der Waals surface area contributed by atoms with Gasteiger partial charge in [-0.05, 0) is 65.4 Å². The molecule has 0 radical (unpaired) electrons. The minimum Gasteiger partial charge on any atom is -0.493 e. The molecule has 0 aliphatic carbocycles. The number of ether oxygens (including phenoxy) is 2. The first-order chi connectivity index (χ1) is 17.0. The molecule has 1 aromatic heterocycles. The molecule has 0 unspecified atom stereocenters. The number of amides is 1. The second kappa shape index (κ2) is 9.73. The predicted molar refractivity (Wildman–Crippen MR) is 137 cm³/mol. The van der Waals surface area contributed by atoms with Crippen LogP contribution in [0.3, 0.4) is 0 Å². The Morgan fingerprint density at radius 2 is 1.97 bits per heavy atom. The molecule has 0 atom stereocenters. The van der Waals surface area contributed by atoms with Crippen molar-refractivity contribution in [1.29, 1.82) is 5.41 Å². The lowest BCUT2D eigenvalue weighted by molar-refractivity contribution is -0.114. The third-order valence-electron chi connectivity index (χ3n) is 5.17. The Kier molecular flexibility index (Phi) is 6.35. The van der Waals surface area contributed by atoms with Gasteiger partial charge in [-0.2, -0.15) is 15.1 Å². The van der Waals surface area contributed by atoms with Crippen LogP contribution < -0.4 is 9.47 Å². The maximum Gasteiger partial charge on any atom is 0.283 e. The van der Waals surface area contributed by atoms with Crippen molar-refractivity contribution in [3.8, 4) is 11.5 Å². The van der Waals surface area contributed by atoms with Gasteiger partial charge in [0.05, 0.1) is 12.7 Å². The summed E-state index contributed by atoms with van der Waals surface area (Å²) in [5.74, 6) is 0.504. The van der Waals surface area contributed by atoms with Crippen LogP contribution in [0, 0.1) is 5.41 Å². The maximum absolute atomic E-state index is 12.7. The van der Waals surface area contributed by atoms with Gasteiger partial charge in [0.2, 0.25) is 5.17 Å². The fourth-order valence-corrected chi connectivity index (χ4v) is 4.41. The summed E-state index contributed by atoms with van der Waals surface area (Å²) in [6.07, 6.45) is 4.94. The van der Waals surface area contributed by atoms with Crippen LogP contribution in [0.2, 0.25) is 5.02 Å². The van der Waals surface area contributed by atoms with Crippen LogP contribution in [0.1, 0.15) is 16.7 Å². The number of methoxy groups -OCH3 is 1.